The fraction of sp³-hybridized carbons (Fsp3) is 0.929. The SMILES string of the molecule is CCC(N)(CC)C(=O)N(C)C1CCCCC1C. The van der Waals surface area contributed by atoms with Gasteiger partial charge in [0.2, 0.25) is 5.91 Å². The maximum atomic E-state index is 12.5. The molecule has 100 valence electrons. The summed E-state index contributed by atoms with van der Waals surface area (Å²) >= 11 is 0. The van der Waals surface area contributed by atoms with E-state index >= 15 is 0 Å². The molecule has 1 aliphatic rings. The summed E-state index contributed by atoms with van der Waals surface area (Å²) in [7, 11) is 1.93. The predicted octanol–water partition coefficient (Wildman–Crippen LogP) is 2.54. The van der Waals surface area contributed by atoms with Crippen LogP contribution in [0.1, 0.15) is 59.3 Å². The standard InChI is InChI=1S/C14H28N2O/c1-5-14(15,6-2)13(17)16(4)12-10-8-7-9-11(12)3/h11-12H,5-10,15H2,1-4H3. The van der Waals surface area contributed by atoms with Crippen molar-refractivity contribution in [3.05, 3.63) is 0 Å². The molecule has 3 heteroatoms. The first-order chi connectivity index (χ1) is 7.96. The average molecular weight is 240 g/mol. The van der Waals surface area contributed by atoms with E-state index in [1.807, 2.05) is 25.8 Å². The molecule has 0 heterocycles. The van der Waals surface area contributed by atoms with E-state index in [1.54, 1.807) is 0 Å². The molecule has 0 radical (unpaired) electrons. The number of likely N-dealkylation sites (N-methyl/N-ethyl adjacent to an activating group) is 1. The highest BCUT2D eigenvalue weighted by Crippen LogP contribution is 2.29. The molecule has 17 heavy (non-hydrogen) atoms. The molecular formula is C14H28N2O. The monoisotopic (exact) mass is 240 g/mol. The van der Waals surface area contributed by atoms with Crippen LogP contribution in [0, 0.1) is 5.92 Å². The van der Waals surface area contributed by atoms with Gasteiger partial charge in [0.25, 0.3) is 0 Å². The zero-order valence-electron chi connectivity index (χ0n) is 11.8. The van der Waals surface area contributed by atoms with Gasteiger partial charge in [0.1, 0.15) is 0 Å². The van der Waals surface area contributed by atoms with Crippen LogP contribution in [0.5, 0.6) is 0 Å². The maximum Gasteiger partial charge on any atom is 0.242 e. The highest BCUT2D eigenvalue weighted by molar-refractivity contribution is 5.86. The van der Waals surface area contributed by atoms with Gasteiger partial charge < -0.3 is 10.6 Å². The molecule has 1 saturated carbocycles. The van der Waals surface area contributed by atoms with E-state index in [9.17, 15) is 4.79 Å². The van der Waals surface area contributed by atoms with Crippen molar-refractivity contribution in [2.45, 2.75) is 70.9 Å². The summed E-state index contributed by atoms with van der Waals surface area (Å²) in [5.74, 6) is 0.733. The van der Waals surface area contributed by atoms with Gasteiger partial charge in [-0.15, -0.1) is 0 Å². The molecule has 0 saturated heterocycles. The Morgan fingerprint density at radius 3 is 2.29 bits per heavy atom. The lowest BCUT2D eigenvalue weighted by Crippen LogP contribution is -2.57. The Morgan fingerprint density at radius 2 is 1.82 bits per heavy atom. The molecule has 0 spiro atoms. The minimum atomic E-state index is -0.661. The zero-order valence-corrected chi connectivity index (χ0v) is 11.8. The van der Waals surface area contributed by atoms with Gasteiger partial charge in [0, 0.05) is 13.1 Å². The van der Waals surface area contributed by atoms with Gasteiger partial charge in [-0.05, 0) is 31.6 Å². The summed E-state index contributed by atoms with van der Waals surface area (Å²) in [6.45, 7) is 6.25. The largest absolute Gasteiger partial charge is 0.341 e. The fourth-order valence-electron chi connectivity index (χ4n) is 2.93. The number of rotatable bonds is 4. The minimum Gasteiger partial charge on any atom is -0.341 e. The smallest absolute Gasteiger partial charge is 0.242 e. The van der Waals surface area contributed by atoms with Gasteiger partial charge in [0.05, 0.1) is 5.54 Å². The van der Waals surface area contributed by atoms with E-state index in [0.29, 0.717) is 24.8 Å². The van der Waals surface area contributed by atoms with E-state index in [4.69, 9.17) is 5.73 Å². The van der Waals surface area contributed by atoms with Gasteiger partial charge in [-0.1, -0.05) is 33.6 Å². The van der Waals surface area contributed by atoms with Crippen LogP contribution in [-0.2, 0) is 4.79 Å². The normalized spacial score (nSPS) is 25.7. The zero-order chi connectivity index (χ0) is 13.1. The molecule has 0 aliphatic heterocycles. The highest BCUT2D eigenvalue weighted by atomic mass is 16.2. The van der Waals surface area contributed by atoms with Crippen molar-refractivity contribution in [3.63, 3.8) is 0 Å². The molecular weight excluding hydrogens is 212 g/mol. The number of hydrogen-bond acceptors (Lipinski definition) is 2. The van der Waals surface area contributed by atoms with Gasteiger partial charge in [-0.3, -0.25) is 4.79 Å². The molecule has 0 aromatic carbocycles. The first-order valence-electron chi connectivity index (χ1n) is 7.02. The van der Waals surface area contributed by atoms with E-state index in [1.165, 1.54) is 19.3 Å². The van der Waals surface area contributed by atoms with Gasteiger partial charge in [-0.25, -0.2) is 0 Å². The molecule has 1 rings (SSSR count). The Bertz CT molecular complexity index is 261. The van der Waals surface area contributed by atoms with Gasteiger partial charge in [0.15, 0.2) is 0 Å². The van der Waals surface area contributed by atoms with E-state index < -0.39 is 5.54 Å². The van der Waals surface area contributed by atoms with Crippen molar-refractivity contribution >= 4 is 5.91 Å². The second kappa shape index (κ2) is 5.85. The quantitative estimate of drug-likeness (QED) is 0.821. The Labute approximate surface area is 106 Å². The van der Waals surface area contributed by atoms with Crippen LogP contribution in [0.3, 0.4) is 0 Å². The van der Waals surface area contributed by atoms with Crippen molar-refractivity contribution in [2.75, 3.05) is 7.05 Å². The van der Waals surface area contributed by atoms with E-state index in [-0.39, 0.29) is 5.91 Å². The number of nitrogens with two attached hydrogens (primary N) is 1. The fourth-order valence-corrected chi connectivity index (χ4v) is 2.93. The molecule has 0 bridgehead atoms. The third-order valence-corrected chi connectivity index (χ3v) is 4.57. The molecule has 2 N–H and O–H groups in total. The second-order valence-corrected chi connectivity index (χ2v) is 5.61. The molecule has 0 aromatic heterocycles. The molecule has 2 unspecified atom stereocenters. The molecule has 0 aromatic rings. The van der Waals surface area contributed by atoms with E-state index in [0.717, 1.165) is 6.42 Å². The third kappa shape index (κ3) is 3.01. The van der Waals surface area contributed by atoms with Crippen LogP contribution >= 0.6 is 0 Å². The van der Waals surface area contributed by atoms with Crippen LogP contribution in [0.2, 0.25) is 0 Å². The average Bonchev–Trinajstić information content (AvgIpc) is 2.36. The minimum absolute atomic E-state index is 0.126. The Kier molecular flexibility index (Phi) is 4.99. The lowest BCUT2D eigenvalue weighted by Gasteiger charge is -2.40. The number of carbonyl (C=O) groups is 1. The van der Waals surface area contributed by atoms with E-state index in [2.05, 4.69) is 6.92 Å². The van der Waals surface area contributed by atoms with Crippen molar-refractivity contribution in [1.82, 2.24) is 4.90 Å². The number of nitrogens with zero attached hydrogens (tertiary/aromatic N) is 1. The van der Waals surface area contributed by atoms with Gasteiger partial charge >= 0.3 is 0 Å². The predicted molar refractivity (Wildman–Crippen MR) is 71.7 cm³/mol. The summed E-state index contributed by atoms with van der Waals surface area (Å²) in [5.41, 5.74) is 5.54. The Hall–Kier alpha value is -0.570. The topological polar surface area (TPSA) is 46.3 Å². The number of carbonyl (C=O) groups excluding carboxylic acids is 1. The number of hydrogen-bond donors (Lipinski definition) is 1. The third-order valence-electron chi connectivity index (χ3n) is 4.57. The van der Waals surface area contributed by atoms with Crippen molar-refractivity contribution < 1.29 is 4.79 Å². The second-order valence-electron chi connectivity index (χ2n) is 5.61. The van der Waals surface area contributed by atoms with Crippen molar-refractivity contribution in [1.29, 1.82) is 0 Å². The summed E-state index contributed by atoms with van der Waals surface area (Å²) in [5, 5.41) is 0. The number of amides is 1. The first kappa shape index (κ1) is 14.5. The van der Waals surface area contributed by atoms with Crippen LogP contribution in [0.25, 0.3) is 0 Å². The van der Waals surface area contributed by atoms with Crippen molar-refractivity contribution in [3.8, 4) is 0 Å². The highest BCUT2D eigenvalue weighted by Gasteiger charge is 2.37. The summed E-state index contributed by atoms with van der Waals surface area (Å²) in [4.78, 5) is 14.4. The Balaban J connectivity index is 2.74. The van der Waals surface area contributed by atoms with Crippen LogP contribution in [0.15, 0.2) is 0 Å². The molecule has 1 amide bonds. The Morgan fingerprint density at radius 1 is 1.29 bits per heavy atom. The van der Waals surface area contributed by atoms with Crippen LogP contribution < -0.4 is 5.73 Å². The molecule has 2 atom stereocenters. The first-order valence-corrected chi connectivity index (χ1v) is 7.02. The maximum absolute atomic E-state index is 12.5. The van der Waals surface area contributed by atoms with Crippen molar-refractivity contribution in [2.24, 2.45) is 11.7 Å². The lowest BCUT2D eigenvalue weighted by atomic mass is 9.83. The summed E-state index contributed by atoms with van der Waals surface area (Å²) < 4.78 is 0. The molecule has 3 nitrogen and oxygen atoms in total. The van der Waals surface area contributed by atoms with Crippen LogP contribution in [-0.4, -0.2) is 29.4 Å². The van der Waals surface area contributed by atoms with Crippen LogP contribution in [0.4, 0.5) is 0 Å². The molecule has 1 aliphatic carbocycles. The van der Waals surface area contributed by atoms with Gasteiger partial charge in [-0.2, -0.15) is 0 Å². The lowest BCUT2D eigenvalue weighted by molar-refractivity contribution is -0.139. The summed E-state index contributed by atoms with van der Waals surface area (Å²) in [6, 6.07) is 0.386. The molecule has 1 fully saturated rings. The summed E-state index contributed by atoms with van der Waals surface area (Å²) in [6.07, 6.45) is 6.34.